The highest BCUT2D eigenvalue weighted by atomic mass is 32.2. The Bertz CT molecular complexity index is 885. The molecule has 0 saturated heterocycles. The van der Waals surface area contributed by atoms with Gasteiger partial charge in [-0.05, 0) is 13.3 Å². The van der Waals surface area contributed by atoms with Crippen LogP contribution in [0.3, 0.4) is 0 Å². The summed E-state index contributed by atoms with van der Waals surface area (Å²) in [5, 5.41) is 10.1. The van der Waals surface area contributed by atoms with Gasteiger partial charge in [0.15, 0.2) is 5.16 Å². The molecule has 0 unspecified atom stereocenters. The highest BCUT2D eigenvalue weighted by molar-refractivity contribution is 7.99. The predicted molar refractivity (Wildman–Crippen MR) is 86.7 cm³/mol. The Morgan fingerprint density at radius 2 is 2.29 bits per heavy atom. The van der Waals surface area contributed by atoms with Crippen LogP contribution in [-0.2, 0) is 11.3 Å². The summed E-state index contributed by atoms with van der Waals surface area (Å²) in [6, 6.07) is 1.42. The molecular formula is C13H16N8O2S. The normalized spacial score (nSPS) is 11.0. The SMILES string of the molecule is Cc1cc(=O)n2[nH]c(SCC(=O)NCCCn3cncn3)nc2n1. The quantitative estimate of drug-likeness (QED) is 0.440. The number of hydrogen-bond acceptors (Lipinski definition) is 7. The Balaban J connectivity index is 1.46. The van der Waals surface area contributed by atoms with Crippen molar-refractivity contribution in [3.63, 3.8) is 0 Å². The van der Waals surface area contributed by atoms with Crippen LogP contribution in [0.15, 0.2) is 28.7 Å². The van der Waals surface area contributed by atoms with Crippen LogP contribution in [0.25, 0.3) is 5.78 Å². The maximum absolute atomic E-state index is 11.8. The number of amides is 1. The third-order valence-corrected chi connectivity index (χ3v) is 3.99. The molecule has 0 aromatic carbocycles. The molecule has 1 amide bonds. The van der Waals surface area contributed by atoms with E-state index < -0.39 is 0 Å². The Morgan fingerprint density at radius 3 is 3.08 bits per heavy atom. The van der Waals surface area contributed by atoms with E-state index in [1.807, 2.05) is 0 Å². The minimum Gasteiger partial charge on any atom is -0.355 e. The van der Waals surface area contributed by atoms with Crippen LogP contribution in [-0.4, -0.2) is 52.6 Å². The fourth-order valence-corrected chi connectivity index (χ4v) is 2.71. The summed E-state index contributed by atoms with van der Waals surface area (Å²) in [6.45, 7) is 2.99. The van der Waals surface area contributed by atoms with Crippen LogP contribution in [0.4, 0.5) is 0 Å². The van der Waals surface area contributed by atoms with Crippen molar-refractivity contribution in [2.45, 2.75) is 25.0 Å². The Kier molecular flexibility index (Phi) is 4.89. The highest BCUT2D eigenvalue weighted by Gasteiger charge is 2.09. The molecule has 0 aliphatic heterocycles. The van der Waals surface area contributed by atoms with Crippen LogP contribution >= 0.6 is 11.8 Å². The number of nitrogens with one attached hydrogen (secondary N) is 2. The summed E-state index contributed by atoms with van der Waals surface area (Å²) in [7, 11) is 0. The number of aromatic amines is 1. The van der Waals surface area contributed by atoms with E-state index in [0.717, 1.165) is 6.42 Å². The number of aryl methyl sites for hydroxylation is 2. The van der Waals surface area contributed by atoms with Gasteiger partial charge in [-0.25, -0.2) is 9.97 Å². The van der Waals surface area contributed by atoms with Crippen molar-refractivity contribution in [2.24, 2.45) is 0 Å². The molecule has 0 fully saturated rings. The highest BCUT2D eigenvalue weighted by Crippen LogP contribution is 2.12. The van der Waals surface area contributed by atoms with Crippen molar-refractivity contribution in [2.75, 3.05) is 12.3 Å². The zero-order valence-corrected chi connectivity index (χ0v) is 13.8. The molecule has 126 valence electrons. The van der Waals surface area contributed by atoms with E-state index in [-0.39, 0.29) is 17.2 Å². The lowest BCUT2D eigenvalue weighted by Crippen LogP contribution is -2.27. The fraction of sp³-hybridized carbons (Fsp3) is 0.385. The van der Waals surface area contributed by atoms with E-state index in [0.29, 0.717) is 29.7 Å². The maximum Gasteiger partial charge on any atom is 0.274 e. The first kappa shape index (κ1) is 16.2. The summed E-state index contributed by atoms with van der Waals surface area (Å²) in [4.78, 5) is 35.8. The molecule has 3 heterocycles. The first-order chi connectivity index (χ1) is 11.6. The number of rotatable bonds is 7. The van der Waals surface area contributed by atoms with Gasteiger partial charge in [-0.1, -0.05) is 11.8 Å². The molecule has 2 N–H and O–H groups in total. The predicted octanol–water partition coefficient (Wildman–Crippen LogP) is -0.384. The summed E-state index contributed by atoms with van der Waals surface area (Å²) in [5.74, 6) is 0.405. The number of H-pyrrole nitrogens is 1. The number of nitrogens with zero attached hydrogens (tertiary/aromatic N) is 6. The first-order valence-electron chi connectivity index (χ1n) is 7.30. The van der Waals surface area contributed by atoms with Crippen molar-refractivity contribution >= 4 is 23.4 Å². The minimum absolute atomic E-state index is 0.101. The van der Waals surface area contributed by atoms with Gasteiger partial charge in [-0.15, -0.1) is 0 Å². The van der Waals surface area contributed by atoms with Gasteiger partial charge < -0.3 is 5.32 Å². The van der Waals surface area contributed by atoms with Crippen molar-refractivity contribution in [1.82, 2.24) is 39.7 Å². The van der Waals surface area contributed by atoms with E-state index in [9.17, 15) is 9.59 Å². The van der Waals surface area contributed by atoms with Gasteiger partial charge in [0.05, 0.1) is 5.75 Å². The standard InChI is InChI=1S/C13H16N8O2S/c1-9-5-11(23)21-12(17-9)18-13(19-21)24-6-10(22)15-3-2-4-20-8-14-7-16-20/h5,7-8H,2-4,6H2,1H3,(H,15,22)(H,17,18,19). The van der Waals surface area contributed by atoms with Crippen molar-refractivity contribution in [1.29, 1.82) is 0 Å². The van der Waals surface area contributed by atoms with Crippen molar-refractivity contribution in [3.8, 4) is 0 Å². The summed E-state index contributed by atoms with van der Waals surface area (Å²) in [6.07, 6.45) is 3.88. The van der Waals surface area contributed by atoms with Crippen LogP contribution in [0.1, 0.15) is 12.1 Å². The number of carbonyl (C=O) groups is 1. The van der Waals surface area contributed by atoms with Gasteiger partial charge >= 0.3 is 0 Å². The van der Waals surface area contributed by atoms with Gasteiger partial charge in [0.1, 0.15) is 12.7 Å². The molecule has 0 bridgehead atoms. The first-order valence-corrected chi connectivity index (χ1v) is 8.29. The van der Waals surface area contributed by atoms with Crippen LogP contribution in [0, 0.1) is 6.92 Å². The molecule has 0 saturated carbocycles. The number of carbonyl (C=O) groups excluding carboxylic acids is 1. The molecule has 0 atom stereocenters. The van der Waals surface area contributed by atoms with Gasteiger partial charge in [0.2, 0.25) is 5.91 Å². The molecule has 11 heteroatoms. The molecule has 24 heavy (non-hydrogen) atoms. The third-order valence-electron chi connectivity index (χ3n) is 3.13. The Morgan fingerprint density at radius 1 is 1.42 bits per heavy atom. The lowest BCUT2D eigenvalue weighted by atomic mass is 10.4. The van der Waals surface area contributed by atoms with Crippen LogP contribution < -0.4 is 10.9 Å². The molecule has 0 aliphatic carbocycles. The largest absolute Gasteiger partial charge is 0.355 e. The molecule has 10 nitrogen and oxygen atoms in total. The van der Waals surface area contributed by atoms with E-state index in [1.54, 1.807) is 17.9 Å². The van der Waals surface area contributed by atoms with Crippen LogP contribution in [0.5, 0.6) is 0 Å². The van der Waals surface area contributed by atoms with Crippen LogP contribution in [0.2, 0.25) is 0 Å². The number of aromatic nitrogens is 7. The molecular weight excluding hydrogens is 332 g/mol. The topological polar surface area (TPSA) is 123 Å². The van der Waals surface area contributed by atoms with Gasteiger partial charge in [0, 0.05) is 24.8 Å². The fourth-order valence-electron chi connectivity index (χ4n) is 2.04. The van der Waals surface area contributed by atoms with Gasteiger partial charge in [0.25, 0.3) is 11.3 Å². The second-order valence-corrected chi connectivity index (χ2v) is 6.01. The van der Waals surface area contributed by atoms with E-state index in [1.165, 1.54) is 28.7 Å². The second kappa shape index (κ2) is 7.25. The molecule has 0 spiro atoms. The zero-order chi connectivity index (χ0) is 16.9. The van der Waals surface area contributed by atoms with E-state index in [4.69, 9.17) is 0 Å². The molecule has 0 aliphatic rings. The lowest BCUT2D eigenvalue weighted by Gasteiger charge is -2.04. The number of hydrogen-bond donors (Lipinski definition) is 2. The average molecular weight is 348 g/mol. The lowest BCUT2D eigenvalue weighted by molar-refractivity contribution is -0.118. The maximum atomic E-state index is 11.8. The minimum atomic E-state index is -0.227. The monoisotopic (exact) mass is 348 g/mol. The summed E-state index contributed by atoms with van der Waals surface area (Å²) < 4.78 is 2.97. The smallest absolute Gasteiger partial charge is 0.274 e. The average Bonchev–Trinajstić information content (AvgIpc) is 3.18. The molecule has 3 rings (SSSR count). The number of thioether (sulfide) groups is 1. The molecule has 3 aromatic heterocycles. The van der Waals surface area contributed by atoms with E-state index >= 15 is 0 Å². The molecule has 3 aromatic rings. The third kappa shape index (κ3) is 3.98. The molecule has 0 radical (unpaired) electrons. The van der Waals surface area contributed by atoms with Gasteiger partial charge in [-0.3, -0.25) is 19.4 Å². The second-order valence-electron chi connectivity index (χ2n) is 5.05. The van der Waals surface area contributed by atoms with Crippen molar-refractivity contribution < 1.29 is 4.79 Å². The van der Waals surface area contributed by atoms with Crippen molar-refractivity contribution in [3.05, 3.63) is 34.8 Å². The Labute approximate surface area is 140 Å². The number of fused-ring (bicyclic) bond motifs is 1. The Hall–Kier alpha value is -2.69. The summed E-state index contributed by atoms with van der Waals surface area (Å²) in [5.41, 5.74) is 0.377. The zero-order valence-electron chi connectivity index (χ0n) is 13.0. The van der Waals surface area contributed by atoms with E-state index in [2.05, 4.69) is 30.5 Å². The van der Waals surface area contributed by atoms with Gasteiger partial charge in [-0.2, -0.15) is 14.6 Å². The summed E-state index contributed by atoms with van der Waals surface area (Å²) >= 11 is 1.22.